The van der Waals surface area contributed by atoms with Gasteiger partial charge in [0.2, 0.25) is 5.78 Å². The van der Waals surface area contributed by atoms with Crippen molar-refractivity contribution in [2.75, 3.05) is 7.11 Å². The summed E-state index contributed by atoms with van der Waals surface area (Å²) >= 11 is 0. The lowest BCUT2D eigenvalue weighted by Crippen LogP contribution is -2.15. The van der Waals surface area contributed by atoms with E-state index in [1.807, 2.05) is 30.3 Å². The van der Waals surface area contributed by atoms with Gasteiger partial charge in [-0.15, -0.1) is 0 Å². The summed E-state index contributed by atoms with van der Waals surface area (Å²) in [7, 11) is 1.54. The van der Waals surface area contributed by atoms with E-state index in [2.05, 4.69) is 15.0 Å². The van der Waals surface area contributed by atoms with Crippen LogP contribution in [0.5, 0.6) is 5.75 Å². The van der Waals surface area contributed by atoms with E-state index in [1.54, 1.807) is 25.6 Å². The van der Waals surface area contributed by atoms with Gasteiger partial charge in [-0.2, -0.15) is 0 Å². The number of methoxy groups -OCH3 is 1. The number of fused-ring (bicyclic) bond motifs is 4. The number of nitrogens with zero attached hydrogens (tertiary/aromatic N) is 3. The van der Waals surface area contributed by atoms with Crippen molar-refractivity contribution in [1.82, 2.24) is 15.0 Å². The molecule has 0 unspecified atom stereocenters. The predicted octanol–water partition coefficient (Wildman–Crippen LogP) is 3.40. The highest BCUT2D eigenvalue weighted by Gasteiger charge is 2.32. The maximum atomic E-state index is 13.1. The summed E-state index contributed by atoms with van der Waals surface area (Å²) in [6.45, 7) is 0. The van der Waals surface area contributed by atoms with Crippen LogP contribution in [-0.2, 0) is 0 Å². The van der Waals surface area contributed by atoms with Crippen LogP contribution < -0.4 is 4.74 Å². The van der Waals surface area contributed by atoms with Gasteiger partial charge in [-0.25, -0.2) is 4.98 Å². The van der Waals surface area contributed by atoms with Crippen LogP contribution in [0.15, 0.2) is 48.8 Å². The molecule has 1 aliphatic rings. The Balaban J connectivity index is 2.04. The third-order valence-electron chi connectivity index (χ3n) is 4.41. The Bertz CT molecular complexity index is 1170. The number of para-hydroxylation sites is 1. The van der Waals surface area contributed by atoms with Crippen LogP contribution in [0.1, 0.15) is 16.1 Å². The van der Waals surface area contributed by atoms with Crippen LogP contribution in [0.4, 0.5) is 0 Å². The van der Waals surface area contributed by atoms with Crippen molar-refractivity contribution < 1.29 is 9.53 Å². The molecule has 0 fully saturated rings. The van der Waals surface area contributed by atoms with Gasteiger partial charge >= 0.3 is 0 Å². The Morgan fingerprint density at radius 1 is 0.875 bits per heavy atom. The number of rotatable bonds is 1. The highest BCUT2D eigenvalue weighted by Crippen LogP contribution is 2.41. The standard InChI is InChI=1S/C19H11N3O2/c1-24-13-7-9-21-17-15(13)19(23)18-14-11(6-8-20-16(14)17)10-4-2-3-5-12(10)22-18/h2-9H,1H3. The Labute approximate surface area is 137 Å². The number of ketones is 1. The minimum Gasteiger partial charge on any atom is -0.496 e. The Morgan fingerprint density at radius 3 is 2.54 bits per heavy atom. The van der Waals surface area contributed by atoms with Crippen molar-refractivity contribution in [3.05, 3.63) is 60.0 Å². The maximum absolute atomic E-state index is 13.1. The first-order valence-electron chi connectivity index (χ1n) is 7.55. The number of aromatic nitrogens is 3. The first-order valence-corrected chi connectivity index (χ1v) is 7.55. The average molecular weight is 313 g/mol. The lowest BCUT2D eigenvalue weighted by atomic mass is 9.90. The predicted molar refractivity (Wildman–Crippen MR) is 90.3 cm³/mol. The summed E-state index contributed by atoms with van der Waals surface area (Å²) in [6, 6.07) is 11.4. The van der Waals surface area contributed by atoms with Gasteiger partial charge in [0.15, 0.2) is 0 Å². The smallest absolute Gasteiger partial charge is 0.218 e. The topological polar surface area (TPSA) is 65.0 Å². The van der Waals surface area contributed by atoms with Crippen molar-refractivity contribution in [3.8, 4) is 17.1 Å². The summed E-state index contributed by atoms with van der Waals surface area (Å²) in [4.78, 5) is 26.6. The van der Waals surface area contributed by atoms with Gasteiger partial charge in [0.25, 0.3) is 0 Å². The van der Waals surface area contributed by atoms with Gasteiger partial charge in [-0.05, 0) is 23.6 Å². The number of carbonyl (C=O) groups excluding carboxylic acids is 1. The van der Waals surface area contributed by atoms with Gasteiger partial charge in [0, 0.05) is 23.2 Å². The number of benzene rings is 1. The molecular weight excluding hydrogens is 302 g/mol. The van der Waals surface area contributed by atoms with Crippen LogP contribution in [-0.4, -0.2) is 27.8 Å². The van der Waals surface area contributed by atoms with Crippen molar-refractivity contribution in [1.29, 1.82) is 0 Å². The van der Waals surface area contributed by atoms with Gasteiger partial charge in [0.05, 0.1) is 23.9 Å². The van der Waals surface area contributed by atoms with Crippen LogP contribution in [0.3, 0.4) is 0 Å². The summed E-state index contributed by atoms with van der Waals surface area (Å²) in [5.74, 6) is 0.315. The Kier molecular flexibility index (Phi) is 2.51. The molecule has 0 bridgehead atoms. The minimum absolute atomic E-state index is 0.175. The van der Waals surface area contributed by atoms with Gasteiger partial charge in [0.1, 0.15) is 17.1 Å². The molecule has 4 aromatic rings. The molecule has 0 saturated heterocycles. The fourth-order valence-corrected chi connectivity index (χ4v) is 3.38. The lowest BCUT2D eigenvalue weighted by Gasteiger charge is -2.19. The van der Waals surface area contributed by atoms with E-state index in [4.69, 9.17) is 4.74 Å². The molecular formula is C19H11N3O2. The monoisotopic (exact) mass is 313 g/mol. The molecule has 0 radical (unpaired) electrons. The third kappa shape index (κ3) is 1.53. The summed E-state index contributed by atoms with van der Waals surface area (Å²) in [6.07, 6.45) is 3.37. The van der Waals surface area contributed by atoms with Crippen LogP contribution in [0, 0.1) is 0 Å². The average Bonchev–Trinajstić information content (AvgIpc) is 2.65. The van der Waals surface area contributed by atoms with E-state index in [1.165, 1.54) is 0 Å². The van der Waals surface area contributed by atoms with Crippen molar-refractivity contribution in [3.63, 3.8) is 0 Å². The van der Waals surface area contributed by atoms with Crippen molar-refractivity contribution in [2.45, 2.75) is 0 Å². The molecule has 5 nitrogen and oxygen atoms in total. The zero-order valence-electron chi connectivity index (χ0n) is 12.8. The molecule has 0 spiro atoms. The molecule has 5 rings (SSSR count). The first-order chi connectivity index (χ1) is 11.8. The highest BCUT2D eigenvalue weighted by molar-refractivity contribution is 6.27. The van der Waals surface area contributed by atoms with E-state index in [0.717, 1.165) is 21.7 Å². The Morgan fingerprint density at radius 2 is 1.67 bits per heavy atom. The molecule has 3 aromatic heterocycles. The molecule has 1 aliphatic carbocycles. The second-order valence-corrected chi connectivity index (χ2v) is 5.63. The lowest BCUT2D eigenvalue weighted by molar-refractivity contribution is 0.103. The summed E-state index contributed by atoms with van der Waals surface area (Å²) in [5.41, 5.74) is 2.85. The van der Waals surface area contributed by atoms with Gasteiger partial charge in [-0.1, -0.05) is 18.2 Å². The quantitative estimate of drug-likeness (QED) is 0.444. The summed E-state index contributed by atoms with van der Waals surface area (Å²) < 4.78 is 5.36. The number of carbonyl (C=O) groups is 1. The molecule has 3 heterocycles. The largest absolute Gasteiger partial charge is 0.496 e. The zero-order chi connectivity index (χ0) is 16.3. The molecule has 0 amide bonds. The second-order valence-electron chi connectivity index (χ2n) is 5.63. The fraction of sp³-hybridized carbons (Fsp3) is 0.0526. The molecule has 114 valence electrons. The van der Waals surface area contributed by atoms with Crippen LogP contribution >= 0.6 is 0 Å². The summed E-state index contributed by atoms with van der Waals surface area (Å²) in [5, 5.41) is 2.72. The van der Waals surface area contributed by atoms with Gasteiger partial charge < -0.3 is 4.74 Å². The van der Waals surface area contributed by atoms with E-state index in [-0.39, 0.29) is 5.78 Å². The zero-order valence-corrected chi connectivity index (χ0v) is 12.8. The van der Waals surface area contributed by atoms with E-state index < -0.39 is 0 Å². The molecule has 5 heteroatoms. The highest BCUT2D eigenvalue weighted by atomic mass is 16.5. The molecule has 1 aromatic carbocycles. The van der Waals surface area contributed by atoms with Crippen molar-refractivity contribution in [2.24, 2.45) is 0 Å². The molecule has 0 N–H and O–H groups in total. The van der Waals surface area contributed by atoms with Crippen LogP contribution in [0.2, 0.25) is 0 Å². The number of hydrogen-bond acceptors (Lipinski definition) is 5. The molecule has 0 saturated carbocycles. The van der Waals surface area contributed by atoms with Crippen molar-refractivity contribution >= 4 is 27.5 Å². The fourth-order valence-electron chi connectivity index (χ4n) is 3.38. The van der Waals surface area contributed by atoms with E-state index >= 15 is 0 Å². The molecule has 0 atom stereocenters. The maximum Gasteiger partial charge on any atom is 0.218 e. The second kappa shape index (κ2) is 4.58. The minimum atomic E-state index is -0.175. The van der Waals surface area contributed by atoms with Crippen LogP contribution in [0.25, 0.3) is 33.1 Å². The number of ether oxygens (including phenoxy) is 1. The molecule has 0 aliphatic heterocycles. The van der Waals surface area contributed by atoms with Gasteiger partial charge in [-0.3, -0.25) is 14.8 Å². The molecule has 24 heavy (non-hydrogen) atoms. The Hall–Kier alpha value is -3.34. The third-order valence-corrected chi connectivity index (χ3v) is 4.41. The van der Waals surface area contributed by atoms with E-state index in [0.29, 0.717) is 28.4 Å². The number of pyridine rings is 3. The van der Waals surface area contributed by atoms with E-state index in [9.17, 15) is 4.79 Å². The SMILES string of the molecule is COc1ccnc2c1C(=O)c1nc3ccccc3c3ccnc-2c13. The number of hydrogen-bond donors (Lipinski definition) is 0. The normalized spacial score (nSPS) is 12.5. The first kappa shape index (κ1) is 13.1.